The van der Waals surface area contributed by atoms with Gasteiger partial charge in [-0.15, -0.1) is 0 Å². The third-order valence-electron chi connectivity index (χ3n) is 5.30. The molecule has 1 atom stereocenters. The number of ether oxygens (including phenoxy) is 1. The smallest absolute Gasteiger partial charge is 0.410 e. The second-order valence-electron chi connectivity index (χ2n) is 8.96. The molecule has 0 aliphatic rings. The number of imidazole rings is 1. The zero-order chi connectivity index (χ0) is 23.3. The van der Waals surface area contributed by atoms with Gasteiger partial charge >= 0.3 is 6.09 Å². The minimum Gasteiger partial charge on any atom is -0.444 e. The van der Waals surface area contributed by atoms with Gasteiger partial charge in [-0.25, -0.2) is 9.78 Å². The molecular weight excluding hydrogens is 404 g/mol. The van der Waals surface area contributed by atoms with Crippen molar-refractivity contribution in [1.29, 1.82) is 0 Å². The van der Waals surface area contributed by atoms with E-state index in [2.05, 4.69) is 10.3 Å². The number of nitrogens with one attached hydrogen (secondary N) is 1. The van der Waals surface area contributed by atoms with E-state index in [1.807, 2.05) is 82.4 Å². The summed E-state index contributed by atoms with van der Waals surface area (Å²) in [6.45, 7) is 5.96. The minimum absolute atomic E-state index is 0.131. The number of benzene rings is 2. The molecule has 0 aliphatic carbocycles. The Kier molecular flexibility index (Phi) is 7.18. The van der Waals surface area contributed by atoms with Crippen LogP contribution in [0.25, 0.3) is 11.0 Å². The van der Waals surface area contributed by atoms with Crippen LogP contribution in [0, 0.1) is 0 Å². The molecule has 1 heterocycles. The fourth-order valence-electron chi connectivity index (χ4n) is 3.58. The van der Waals surface area contributed by atoms with Gasteiger partial charge in [0.1, 0.15) is 5.60 Å². The van der Waals surface area contributed by atoms with E-state index in [-0.39, 0.29) is 18.0 Å². The zero-order valence-corrected chi connectivity index (χ0v) is 19.5. The molecule has 0 fully saturated rings. The summed E-state index contributed by atoms with van der Waals surface area (Å²) >= 11 is 0. The Morgan fingerprint density at radius 2 is 1.75 bits per heavy atom. The summed E-state index contributed by atoms with van der Waals surface area (Å²) in [6.07, 6.45) is 0.874. The Morgan fingerprint density at radius 1 is 1.09 bits per heavy atom. The van der Waals surface area contributed by atoms with E-state index in [1.165, 1.54) is 0 Å². The van der Waals surface area contributed by atoms with Gasteiger partial charge in [0, 0.05) is 26.7 Å². The average molecular weight is 437 g/mol. The number of likely N-dealkylation sites (N-methyl/N-ethyl adjacent to an activating group) is 1. The molecule has 3 aromatic rings. The predicted molar refractivity (Wildman–Crippen MR) is 126 cm³/mol. The first kappa shape index (κ1) is 23.3. The number of rotatable bonds is 7. The normalized spacial score (nSPS) is 12.4. The molecule has 7 nitrogen and oxygen atoms in total. The van der Waals surface area contributed by atoms with Crippen molar-refractivity contribution in [1.82, 2.24) is 19.8 Å². The monoisotopic (exact) mass is 436 g/mol. The lowest BCUT2D eigenvalue weighted by Crippen LogP contribution is -2.43. The molecule has 0 aliphatic heterocycles. The molecule has 3 rings (SSSR count). The summed E-state index contributed by atoms with van der Waals surface area (Å²) in [7, 11) is 3.58. The molecule has 0 saturated carbocycles. The Balaban J connectivity index is 1.67. The van der Waals surface area contributed by atoms with E-state index in [1.54, 1.807) is 16.5 Å². The minimum atomic E-state index is -0.572. The molecule has 0 bridgehead atoms. The first-order valence-corrected chi connectivity index (χ1v) is 10.8. The van der Waals surface area contributed by atoms with Crippen LogP contribution in [0.3, 0.4) is 0 Å². The van der Waals surface area contributed by atoms with Gasteiger partial charge in [-0.3, -0.25) is 4.79 Å². The highest BCUT2D eigenvalue weighted by molar-refractivity contribution is 5.94. The van der Waals surface area contributed by atoms with Crippen LogP contribution in [0.1, 0.15) is 43.4 Å². The van der Waals surface area contributed by atoms with Gasteiger partial charge in [0.15, 0.2) is 5.82 Å². The van der Waals surface area contributed by atoms with Gasteiger partial charge in [0.2, 0.25) is 0 Å². The topological polar surface area (TPSA) is 76.5 Å². The van der Waals surface area contributed by atoms with Crippen molar-refractivity contribution in [2.24, 2.45) is 7.05 Å². The summed E-state index contributed by atoms with van der Waals surface area (Å²) in [5.74, 6) is 0.133. The van der Waals surface area contributed by atoms with Crippen LogP contribution in [0.5, 0.6) is 0 Å². The van der Waals surface area contributed by atoms with Crippen LogP contribution >= 0.6 is 0 Å². The van der Waals surface area contributed by atoms with Crippen LogP contribution in [-0.4, -0.2) is 51.7 Å². The van der Waals surface area contributed by atoms with E-state index in [9.17, 15) is 9.59 Å². The number of para-hydroxylation sites is 2. The van der Waals surface area contributed by atoms with Crippen molar-refractivity contribution in [3.63, 3.8) is 0 Å². The number of nitrogens with zero attached hydrogens (tertiary/aromatic N) is 3. The Hall–Kier alpha value is -3.35. The van der Waals surface area contributed by atoms with E-state index < -0.39 is 5.60 Å². The van der Waals surface area contributed by atoms with Crippen molar-refractivity contribution in [2.75, 3.05) is 13.6 Å². The highest BCUT2D eigenvalue weighted by Crippen LogP contribution is 2.17. The van der Waals surface area contributed by atoms with Crippen LogP contribution in [0.2, 0.25) is 0 Å². The molecule has 2 amide bonds. The molecule has 1 unspecified atom stereocenters. The Labute approximate surface area is 189 Å². The summed E-state index contributed by atoms with van der Waals surface area (Å²) in [5, 5.41) is 2.96. The van der Waals surface area contributed by atoms with Crippen LogP contribution < -0.4 is 5.32 Å². The second kappa shape index (κ2) is 9.85. The SMILES string of the molecule is CN(C(=O)OC(C)(C)C)C(CCNC(=O)c1nc2ccccc2n1C)Cc1ccccc1. The van der Waals surface area contributed by atoms with Gasteiger partial charge in [-0.1, -0.05) is 42.5 Å². The molecule has 32 heavy (non-hydrogen) atoms. The molecule has 170 valence electrons. The standard InChI is InChI=1S/C25H32N4O3/c1-25(2,3)32-24(31)28(4)19(17-18-11-7-6-8-12-18)15-16-26-23(30)22-27-20-13-9-10-14-21(20)29(22)5/h6-14,19H,15-17H2,1-5H3,(H,26,30). The van der Waals surface area contributed by atoms with Crippen molar-refractivity contribution < 1.29 is 14.3 Å². The van der Waals surface area contributed by atoms with Gasteiger partial charge in [-0.05, 0) is 51.3 Å². The second-order valence-corrected chi connectivity index (χ2v) is 8.96. The predicted octanol–water partition coefficient (Wildman–Crippen LogP) is 4.17. The number of carbonyl (C=O) groups excluding carboxylic acids is 2. The van der Waals surface area contributed by atoms with Crippen LogP contribution in [0.15, 0.2) is 54.6 Å². The lowest BCUT2D eigenvalue weighted by Gasteiger charge is -2.31. The summed E-state index contributed by atoms with van der Waals surface area (Å²) < 4.78 is 7.34. The van der Waals surface area contributed by atoms with Crippen molar-refractivity contribution in [3.8, 4) is 0 Å². The van der Waals surface area contributed by atoms with Gasteiger partial charge in [0.25, 0.3) is 5.91 Å². The zero-order valence-electron chi connectivity index (χ0n) is 19.5. The quantitative estimate of drug-likeness (QED) is 0.603. The highest BCUT2D eigenvalue weighted by atomic mass is 16.6. The Bertz CT molecular complexity index is 1070. The highest BCUT2D eigenvalue weighted by Gasteiger charge is 2.26. The van der Waals surface area contributed by atoms with Crippen molar-refractivity contribution in [3.05, 3.63) is 66.0 Å². The van der Waals surface area contributed by atoms with E-state index >= 15 is 0 Å². The summed E-state index contributed by atoms with van der Waals surface area (Å²) in [5.41, 5.74) is 2.24. The number of fused-ring (bicyclic) bond motifs is 1. The Morgan fingerprint density at radius 3 is 2.41 bits per heavy atom. The third kappa shape index (κ3) is 5.87. The van der Waals surface area contributed by atoms with Gasteiger partial charge in [-0.2, -0.15) is 0 Å². The lowest BCUT2D eigenvalue weighted by molar-refractivity contribution is 0.0215. The first-order valence-electron chi connectivity index (χ1n) is 10.8. The molecule has 0 saturated heterocycles. The fourth-order valence-corrected chi connectivity index (χ4v) is 3.58. The number of carbonyl (C=O) groups is 2. The maximum Gasteiger partial charge on any atom is 0.410 e. The fraction of sp³-hybridized carbons (Fsp3) is 0.400. The lowest BCUT2D eigenvalue weighted by atomic mass is 10.0. The number of aryl methyl sites for hydroxylation is 1. The van der Waals surface area contributed by atoms with Crippen molar-refractivity contribution >= 4 is 23.0 Å². The van der Waals surface area contributed by atoms with Gasteiger partial charge < -0.3 is 19.5 Å². The molecule has 7 heteroatoms. The third-order valence-corrected chi connectivity index (χ3v) is 5.30. The molecule has 0 spiro atoms. The summed E-state index contributed by atoms with van der Waals surface area (Å²) in [4.78, 5) is 31.5. The maximum atomic E-state index is 12.8. The van der Waals surface area contributed by atoms with E-state index in [0.717, 1.165) is 16.6 Å². The van der Waals surface area contributed by atoms with Crippen molar-refractivity contribution in [2.45, 2.75) is 45.3 Å². The molecular formula is C25H32N4O3. The molecule has 1 N–H and O–H groups in total. The average Bonchev–Trinajstić information content (AvgIpc) is 3.09. The molecule has 1 aromatic heterocycles. The maximum absolute atomic E-state index is 12.8. The number of aromatic nitrogens is 2. The number of hydrogen-bond donors (Lipinski definition) is 1. The number of hydrogen-bond acceptors (Lipinski definition) is 4. The summed E-state index contributed by atoms with van der Waals surface area (Å²) in [6, 6.07) is 17.5. The van der Waals surface area contributed by atoms with E-state index in [0.29, 0.717) is 25.2 Å². The van der Waals surface area contributed by atoms with E-state index in [4.69, 9.17) is 4.74 Å². The van der Waals surface area contributed by atoms with Gasteiger partial charge in [0.05, 0.1) is 11.0 Å². The van der Waals surface area contributed by atoms with Crippen LogP contribution in [0.4, 0.5) is 4.79 Å². The molecule has 0 radical (unpaired) electrons. The first-order chi connectivity index (χ1) is 15.2. The number of amides is 2. The van der Waals surface area contributed by atoms with Crippen LogP contribution in [-0.2, 0) is 18.2 Å². The largest absolute Gasteiger partial charge is 0.444 e. The molecule has 2 aromatic carbocycles.